The van der Waals surface area contributed by atoms with Crippen LogP contribution in [0.2, 0.25) is 0 Å². The van der Waals surface area contributed by atoms with E-state index in [9.17, 15) is 12.8 Å². The van der Waals surface area contributed by atoms with Crippen molar-refractivity contribution in [3.05, 3.63) is 79.0 Å². The number of hydrogen-bond donors (Lipinski definition) is 1. The minimum Gasteiger partial charge on any atom is -0.493 e. The number of aromatic nitrogens is 5. The summed E-state index contributed by atoms with van der Waals surface area (Å²) in [5, 5.41) is 8.12. The number of aromatic amines is 1. The smallest absolute Gasteiger partial charge is 0.265 e. The minimum atomic E-state index is -4.15. The molecule has 0 aliphatic heterocycles. The zero-order valence-electron chi connectivity index (χ0n) is 19.4. The van der Waals surface area contributed by atoms with Gasteiger partial charge in [-0.1, -0.05) is 30.3 Å². The molecular formula is C25H21FN6O3S. The number of rotatable bonds is 7. The molecule has 9 nitrogen and oxygen atoms in total. The van der Waals surface area contributed by atoms with Gasteiger partial charge in [-0.25, -0.2) is 27.7 Å². The van der Waals surface area contributed by atoms with Gasteiger partial charge < -0.3 is 4.74 Å². The molecule has 0 fully saturated rings. The highest BCUT2D eigenvalue weighted by Gasteiger charge is 2.28. The van der Waals surface area contributed by atoms with Crippen LogP contribution < -0.4 is 9.04 Å². The maximum atomic E-state index is 13.7. The van der Waals surface area contributed by atoms with Gasteiger partial charge in [0.2, 0.25) is 5.95 Å². The van der Waals surface area contributed by atoms with E-state index in [2.05, 4.69) is 25.1 Å². The van der Waals surface area contributed by atoms with Crippen LogP contribution in [0.15, 0.2) is 78.0 Å². The first-order valence-electron chi connectivity index (χ1n) is 11.0. The molecule has 36 heavy (non-hydrogen) atoms. The molecule has 0 aliphatic rings. The minimum absolute atomic E-state index is 0.0380. The van der Waals surface area contributed by atoms with Gasteiger partial charge in [0, 0.05) is 41.5 Å². The third-order valence-corrected chi connectivity index (χ3v) is 7.50. The number of nitrogens with one attached hydrogen (secondary N) is 1. The summed E-state index contributed by atoms with van der Waals surface area (Å²) in [6.45, 7) is 1.70. The standard InChI is InChI=1S/C25H21FN6O3S/c1-3-32(36(33,34)18-11-12-27-22(26)14-18)25-21(35-2)10-9-20(29-25)17-13-19-23(16-7-5-4-6-8-16)30-31-24(19)28-15-17/h4-15H,3H2,1-2H3,(H,28,30,31). The lowest BCUT2D eigenvalue weighted by molar-refractivity contribution is 0.414. The second-order valence-electron chi connectivity index (χ2n) is 7.77. The van der Waals surface area contributed by atoms with E-state index in [1.165, 1.54) is 13.2 Å². The number of pyridine rings is 3. The van der Waals surface area contributed by atoms with Crippen LogP contribution in [0, 0.1) is 5.95 Å². The van der Waals surface area contributed by atoms with E-state index in [0.717, 1.165) is 33.2 Å². The van der Waals surface area contributed by atoms with Gasteiger partial charge in [0.1, 0.15) is 0 Å². The van der Waals surface area contributed by atoms with Crippen molar-refractivity contribution in [3.63, 3.8) is 0 Å². The summed E-state index contributed by atoms with van der Waals surface area (Å²) in [6, 6.07) is 17.1. The lowest BCUT2D eigenvalue weighted by atomic mass is 10.1. The first kappa shape index (κ1) is 23.4. The van der Waals surface area contributed by atoms with Crippen LogP contribution in [0.4, 0.5) is 10.2 Å². The summed E-state index contributed by atoms with van der Waals surface area (Å²) in [5.41, 5.74) is 3.45. The van der Waals surface area contributed by atoms with Gasteiger partial charge in [0.05, 0.1) is 23.4 Å². The molecule has 1 N–H and O–H groups in total. The Morgan fingerprint density at radius 2 is 1.83 bits per heavy atom. The molecule has 4 heterocycles. The summed E-state index contributed by atoms with van der Waals surface area (Å²) in [5.74, 6) is -0.569. The molecule has 1 aromatic carbocycles. The van der Waals surface area contributed by atoms with Crippen LogP contribution in [0.5, 0.6) is 5.75 Å². The first-order chi connectivity index (χ1) is 17.4. The Morgan fingerprint density at radius 3 is 2.56 bits per heavy atom. The molecule has 5 rings (SSSR count). The Hall–Kier alpha value is -4.38. The summed E-state index contributed by atoms with van der Waals surface area (Å²) in [7, 11) is -2.72. The monoisotopic (exact) mass is 504 g/mol. The van der Waals surface area contributed by atoms with E-state index in [0.29, 0.717) is 16.9 Å². The fourth-order valence-corrected chi connectivity index (χ4v) is 5.34. The van der Waals surface area contributed by atoms with Gasteiger partial charge in [-0.3, -0.25) is 5.10 Å². The molecular weight excluding hydrogens is 483 g/mol. The van der Waals surface area contributed by atoms with Gasteiger partial charge >= 0.3 is 0 Å². The van der Waals surface area contributed by atoms with Crippen LogP contribution in [0.1, 0.15) is 6.92 Å². The summed E-state index contributed by atoms with van der Waals surface area (Å²) < 4.78 is 47.0. The van der Waals surface area contributed by atoms with Crippen LogP contribution in [0.25, 0.3) is 33.5 Å². The number of methoxy groups -OCH3 is 1. The van der Waals surface area contributed by atoms with Crippen LogP contribution in [-0.4, -0.2) is 47.2 Å². The maximum Gasteiger partial charge on any atom is 0.265 e. The van der Waals surface area contributed by atoms with Crippen molar-refractivity contribution < 1.29 is 17.5 Å². The van der Waals surface area contributed by atoms with Crippen molar-refractivity contribution in [1.29, 1.82) is 0 Å². The molecule has 0 saturated heterocycles. The second kappa shape index (κ2) is 9.34. The molecule has 0 aliphatic carbocycles. The molecule has 4 aromatic heterocycles. The average Bonchev–Trinajstić information content (AvgIpc) is 3.33. The van der Waals surface area contributed by atoms with Gasteiger partial charge in [0.25, 0.3) is 10.0 Å². The number of fused-ring (bicyclic) bond motifs is 1. The fraction of sp³-hybridized carbons (Fsp3) is 0.120. The topological polar surface area (TPSA) is 114 Å². The lowest BCUT2D eigenvalue weighted by Crippen LogP contribution is -2.32. The third-order valence-electron chi connectivity index (χ3n) is 5.64. The summed E-state index contributed by atoms with van der Waals surface area (Å²) in [6.07, 6.45) is 2.73. The number of ether oxygens (including phenoxy) is 1. The predicted octanol–water partition coefficient (Wildman–Crippen LogP) is 4.44. The van der Waals surface area contributed by atoms with Crippen molar-refractivity contribution in [2.75, 3.05) is 18.0 Å². The molecule has 0 bridgehead atoms. The maximum absolute atomic E-state index is 13.7. The zero-order chi connectivity index (χ0) is 25.3. The highest BCUT2D eigenvalue weighted by Crippen LogP contribution is 2.34. The van der Waals surface area contributed by atoms with Crippen molar-refractivity contribution in [2.45, 2.75) is 11.8 Å². The quantitative estimate of drug-likeness (QED) is 0.326. The van der Waals surface area contributed by atoms with E-state index in [1.807, 2.05) is 36.4 Å². The van der Waals surface area contributed by atoms with Crippen molar-refractivity contribution >= 4 is 26.9 Å². The Kier molecular flexibility index (Phi) is 6.06. The molecule has 0 atom stereocenters. The number of H-pyrrole nitrogens is 1. The van der Waals surface area contributed by atoms with Crippen molar-refractivity contribution in [2.24, 2.45) is 0 Å². The Balaban J connectivity index is 1.62. The third kappa shape index (κ3) is 4.13. The van der Waals surface area contributed by atoms with Gasteiger partial charge in [-0.2, -0.15) is 9.49 Å². The lowest BCUT2D eigenvalue weighted by Gasteiger charge is -2.24. The van der Waals surface area contributed by atoms with E-state index in [4.69, 9.17) is 4.74 Å². The van der Waals surface area contributed by atoms with E-state index < -0.39 is 16.0 Å². The first-order valence-corrected chi connectivity index (χ1v) is 12.5. The molecule has 0 unspecified atom stereocenters. The summed E-state index contributed by atoms with van der Waals surface area (Å²) in [4.78, 5) is 12.3. The number of halogens is 1. The van der Waals surface area contributed by atoms with Crippen LogP contribution in [-0.2, 0) is 10.0 Å². The molecule has 0 amide bonds. The summed E-state index contributed by atoms with van der Waals surface area (Å²) >= 11 is 0. The number of anilines is 1. The Labute approximate surface area is 206 Å². The highest BCUT2D eigenvalue weighted by atomic mass is 32.2. The van der Waals surface area contributed by atoms with E-state index >= 15 is 0 Å². The molecule has 5 aromatic rings. The molecule has 11 heteroatoms. The molecule has 0 spiro atoms. The fourth-order valence-electron chi connectivity index (χ4n) is 3.90. The SMILES string of the molecule is CCN(c1nc(-c2cnc3n[nH]c(-c4ccccc4)c3c2)ccc1OC)S(=O)(=O)c1ccnc(F)c1. The van der Waals surface area contributed by atoms with Gasteiger partial charge in [-0.05, 0) is 31.2 Å². The van der Waals surface area contributed by atoms with Crippen molar-refractivity contribution in [3.8, 4) is 28.3 Å². The Morgan fingerprint density at radius 1 is 1.03 bits per heavy atom. The largest absolute Gasteiger partial charge is 0.493 e. The zero-order valence-corrected chi connectivity index (χ0v) is 20.2. The van der Waals surface area contributed by atoms with Crippen LogP contribution >= 0.6 is 0 Å². The number of hydrogen-bond acceptors (Lipinski definition) is 7. The van der Waals surface area contributed by atoms with Gasteiger partial charge in [-0.15, -0.1) is 0 Å². The average molecular weight is 505 g/mol. The molecule has 182 valence electrons. The predicted molar refractivity (Wildman–Crippen MR) is 134 cm³/mol. The molecule has 0 saturated carbocycles. The van der Waals surface area contributed by atoms with Gasteiger partial charge in [0.15, 0.2) is 17.2 Å². The highest BCUT2D eigenvalue weighted by molar-refractivity contribution is 7.92. The number of benzene rings is 1. The van der Waals surface area contributed by atoms with E-state index in [-0.39, 0.29) is 23.0 Å². The van der Waals surface area contributed by atoms with E-state index in [1.54, 1.807) is 25.3 Å². The van der Waals surface area contributed by atoms with Crippen molar-refractivity contribution in [1.82, 2.24) is 25.1 Å². The van der Waals surface area contributed by atoms with Crippen LogP contribution in [0.3, 0.4) is 0 Å². The Bertz CT molecular complexity index is 1660. The normalized spacial score (nSPS) is 11.5. The molecule has 0 radical (unpaired) electrons. The number of nitrogens with zero attached hydrogens (tertiary/aromatic N) is 5. The second-order valence-corrected chi connectivity index (χ2v) is 9.63. The number of sulfonamides is 1.